The molecule has 0 saturated carbocycles. The van der Waals surface area contributed by atoms with Crippen LogP contribution in [0.1, 0.15) is 51.5 Å². The molecule has 2 nitrogen and oxygen atoms in total. The van der Waals surface area contributed by atoms with E-state index in [-0.39, 0.29) is 6.10 Å². The van der Waals surface area contributed by atoms with Gasteiger partial charge in [-0.15, -0.1) is 0 Å². The molecule has 0 spiro atoms. The van der Waals surface area contributed by atoms with Crippen molar-refractivity contribution in [3.05, 3.63) is 22.3 Å². The number of aryl methyl sites for hydroxylation is 1. The van der Waals surface area contributed by atoms with Crippen LogP contribution in [0.5, 0.6) is 5.88 Å². The molecule has 0 aliphatic heterocycles. The number of hydrogen-bond acceptors (Lipinski definition) is 2. The van der Waals surface area contributed by atoms with E-state index in [1.165, 1.54) is 25.7 Å². The largest absolute Gasteiger partial charge is 0.475 e. The Labute approximate surface area is 113 Å². The molecule has 3 heteroatoms. The van der Waals surface area contributed by atoms with Crippen molar-refractivity contribution in [3.8, 4) is 5.88 Å². The minimum absolute atomic E-state index is 0.250. The first-order valence-electron chi connectivity index (χ1n) is 6.42. The minimum Gasteiger partial charge on any atom is -0.475 e. The van der Waals surface area contributed by atoms with Gasteiger partial charge < -0.3 is 4.74 Å². The summed E-state index contributed by atoms with van der Waals surface area (Å²) in [4.78, 5) is 4.25. The highest BCUT2D eigenvalue weighted by molar-refractivity contribution is 9.10. The second kappa shape index (κ2) is 7.70. The van der Waals surface area contributed by atoms with Crippen molar-refractivity contribution < 1.29 is 4.74 Å². The molecule has 17 heavy (non-hydrogen) atoms. The molecule has 0 bridgehead atoms. The third-order valence-electron chi connectivity index (χ3n) is 2.81. The van der Waals surface area contributed by atoms with E-state index in [0.29, 0.717) is 0 Å². The maximum absolute atomic E-state index is 5.80. The summed E-state index contributed by atoms with van der Waals surface area (Å²) in [5, 5.41) is 0. The van der Waals surface area contributed by atoms with Crippen LogP contribution >= 0.6 is 15.9 Å². The standard InChI is InChI=1S/C14H22BrNO/c1-4-5-6-7-8-12(3)17-14-9-11(2)13(15)10-16-14/h9-10,12H,4-8H2,1-3H3. The predicted molar refractivity (Wildman–Crippen MR) is 75.5 cm³/mol. The van der Waals surface area contributed by atoms with Gasteiger partial charge in [-0.25, -0.2) is 4.98 Å². The first kappa shape index (κ1) is 14.5. The van der Waals surface area contributed by atoms with E-state index in [9.17, 15) is 0 Å². The van der Waals surface area contributed by atoms with E-state index in [1.807, 2.05) is 13.0 Å². The molecule has 96 valence electrons. The lowest BCUT2D eigenvalue weighted by molar-refractivity contribution is 0.198. The fraction of sp³-hybridized carbons (Fsp3) is 0.643. The number of pyridine rings is 1. The van der Waals surface area contributed by atoms with Gasteiger partial charge in [-0.3, -0.25) is 0 Å². The van der Waals surface area contributed by atoms with Crippen molar-refractivity contribution in [2.24, 2.45) is 0 Å². The molecular weight excluding hydrogens is 278 g/mol. The Morgan fingerprint density at radius 3 is 2.76 bits per heavy atom. The van der Waals surface area contributed by atoms with E-state index in [4.69, 9.17) is 4.74 Å². The Morgan fingerprint density at radius 1 is 1.35 bits per heavy atom. The van der Waals surface area contributed by atoms with Crippen molar-refractivity contribution in [2.45, 2.75) is 59.0 Å². The first-order valence-corrected chi connectivity index (χ1v) is 7.21. The number of aromatic nitrogens is 1. The van der Waals surface area contributed by atoms with Gasteiger partial charge in [0.05, 0.1) is 6.10 Å². The second-order valence-corrected chi connectivity index (χ2v) is 5.40. The van der Waals surface area contributed by atoms with Gasteiger partial charge in [0.2, 0.25) is 5.88 Å². The number of rotatable bonds is 7. The number of unbranched alkanes of at least 4 members (excludes halogenated alkanes) is 3. The van der Waals surface area contributed by atoms with Gasteiger partial charge in [0.25, 0.3) is 0 Å². The van der Waals surface area contributed by atoms with Crippen molar-refractivity contribution in [2.75, 3.05) is 0 Å². The molecule has 0 saturated heterocycles. The van der Waals surface area contributed by atoms with Crippen LogP contribution in [-0.4, -0.2) is 11.1 Å². The van der Waals surface area contributed by atoms with E-state index in [1.54, 1.807) is 6.20 Å². The molecular formula is C14H22BrNO. The van der Waals surface area contributed by atoms with Crippen molar-refractivity contribution in [1.82, 2.24) is 4.98 Å². The summed E-state index contributed by atoms with van der Waals surface area (Å²) in [6.07, 6.45) is 8.30. The zero-order chi connectivity index (χ0) is 12.7. The lowest BCUT2D eigenvalue weighted by Crippen LogP contribution is -2.12. The number of ether oxygens (including phenoxy) is 1. The SMILES string of the molecule is CCCCCCC(C)Oc1cc(C)c(Br)cn1. The molecule has 0 fully saturated rings. The van der Waals surface area contributed by atoms with Gasteiger partial charge in [-0.1, -0.05) is 26.2 Å². The minimum atomic E-state index is 0.250. The molecule has 1 rings (SSSR count). The van der Waals surface area contributed by atoms with Gasteiger partial charge in [-0.05, 0) is 48.2 Å². The molecule has 1 aromatic heterocycles. The summed E-state index contributed by atoms with van der Waals surface area (Å²) >= 11 is 3.44. The summed E-state index contributed by atoms with van der Waals surface area (Å²) < 4.78 is 6.83. The predicted octanol–water partition coefficient (Wildman–Crippen LogP) is 4.89. The lowest BCUT2D eigenvalue weighted by Gasteiger charge is -2.14. The van der Waals surface area contributed by atoms with Crippen LogP contribution < -0.4 is 4.74 Å². The summed E-state index contributed by atoms with van der Waals surface area (Å²) in [6, 6.07) is 1.98. The van der Waals surface area contributed by atoms with E-state index < -0.39 is 0 Å². The van der Waals surface area contributed by atoms with E-state index in [2.05, 4.69) is 34.8 Å². The molecule has 1 heterocycles. The smallest absolute Gasteiger partial charge is 0.213 e. The van der Waals surface area contributed by atoms with Crippen LogP contribution in [0, 0.1) is 6.92 Å². The Hall–Kier alpha value is -0.570. The second-order valence-electron chi connectivity index (χ2n) is 4.55. The van der Waals surface area contributed by atoms with Crippen LogP contribution in [0.4, 0.5) is 0 Å². The molecule has 0 aliphatic carbocycles. The number of hydrogen-bond donors (Lipinski definition) is 0. The van der Waals surface area contributed by atoms with Gasteiger partial charge in [0.1, 0.15) is 0 Å². The maximum Gasteiger partial charge on any atom is 0.213 e. The van der Waals surface area contributed by atoms with Crippen molar-refractivity contribution >= 4 is 15.9 Å². The van der Waals surface area contributed by atoms with Crippen LogP contribution in [0.3, 0.4) is 0 Å². The summed E-state index contributed by atoms with van der Waals surface area (Å²) in [5.41, 5.74) is 1.16. The molecule has 0 aromatic carbocycles. The average molecular weight is 300 g/mol. The molecule has 0 radical (unpaired) electrons. The van der Waals surface area contributed by atoms with Gasteiger partial charge >= 0.3 is 0 Å². The third kappa shape index (κ3) is 5.53. The maximum atomic E-state index is 5.80. The van der Waals surface area contributed by atoms with Crippen LogP contribution in [0.2, 0.25) is 0 Å². The van der Waals surface area contributed by atoms with Crippen LogP contribution in [0.25, 0.3) is 0 Å². The van der Waals surface area contributed by atoms with Crippen molar-refractivity contribution in [1.29, 1.82) is 0 Å². The number of nitrogens with zero attached hydrogens (tertiary/aromatic N) is 1. The molecule has 0 amide bonds. The zero-order valence-electron chi connectivity index (χ0n) is 11.0. The fourth-order valence-corrected chi connectivity index (χ4v) is 1.92. The zero-order valence-corrected chi connectivity index (χ0v) is 12.6. The van der Waals surface area contributed by atoms with E-state index in [0.717, 1.165) is 22.3 Å². The normalized spacial score (nSPS) is 12.5. The Balaban J connectivity index is 2.34. The highest BCUT2D eigenvalue weighted by atomic mass is 79.9. The highest BCUT2D eigenvalue weighted by Gasteiger charge is 2.06. The van der Waals surface area contributed by atoms with Gasteiger partial charge in [-0.2, -0.15) is 0 Å². The topological polar surface area (TPSA) is 22.1 Å². The molecule has 1 atom stereocenters. The Morgan fingerprint density at radius 2 is 2.12 bits per heavy atom. The first-order chi connectivity index (χ1) is 8.13. The van der Waals surface area contributed by atoms with Crippen LogP contribution in [0.15, 0.2) is 16.7 Å². The summed E-state index contributed by atoms with van der Waals surface area (Å²) in [5.74, 6) is 0.730. The fourth-order valence-electron chi connectivity index (χ4n) is 1.70. The lowest BCUT2D eigenvalue weighted by atomic mass is 10.1. The molecule has 1 aromatic rings. The highest BCUT2D eigenvalue weighted by Crippen LogP contribution is 2.20. The van der Waals surface area contributed by atoms with Gasteiger partial charge in [0, 0.05) is 16.7 Å². The number of halogens is 1. The van der Waals surface area contributed by atoms with Crippen molar-refractivity contribution in [3.63, 3.8) is 0 Å². The summed E-state index contributed by atoms with van der Waals surface area (Å²) in [7, 11) is 0. The summed E-state index contributed by atoms with van der Waals surface area (Å²) in [6.45, 7) is 6.39. The Kier molecular flexibility index (Phi) is 6.56. The third-order valence-corrected chi connectivity index (χ3v) is 3.64. The Bertz CT molecular complexity index is 341. The average Bonchev–Trinajstić information content (AvgIpc) is 2.30. The monoisotopic (exact) mass is 299 g/mol. The van der Waals surface area contributed by atoms with Gasteiger partial charge in [0.15, 0.2) is 0 Å². The molecule has 0 aliphatic rings. The van der Waals surface area contributed by atoms with E-state index >= 15 is 0 Å². The molecule has 0 N–H and O–H groups in total. The molecule has 1 unspecified atom stereocenters. The quantitative estimate of drug-likeness (QED) is 0.669. The van der Waals surface area contributed by atoms with Crippen LogP contribution in [-0.2, 0) is 0 Å².